The van der Waals surface area contributed by atoms with Crippen LogP contribution < -0.4 is 15.6 Å². The summed E-state index contributed by atoms with van der Waals surface area (Å²) in [6.45, 7) is 0.251. The van der Waals surface area contributed by atoms with E-state index in [1.165, 1.54) is 0 Å². The van der Waals surface area contributed by atoms with Crippen molar-refractivity contribution in [2.24, 2.45) is 15.3 Å². The lowest BCUT2D eigenvalue weighted by Gasteiger charge is -2.18. The predicted molar refractivity (Wildman–Crippen MR) is 83.6 cm³/mol. The number of benzene rings is 1. The maximum absolute atomic E-state index is 11.6. The number of rotatable bonds is 7. The van der Waals surface area contributed by atoms with Gasteiger partial charge in [0.2, 0.25) is 0 Å². The second-order valence-corrected chi connectivity index (χ2v) is 7.72. The van der Waals surface area contributed by atoms with Crippen molar-refractivity contribution in [1.29, 1.82) is 0 Å². The summed E-state index contributed by atoms with van der Waals surface area (Å²) >= 11 is 0. The van der Waals surface area contributed by atoms with E-state index in [-0.39, 0.29) is 24.8 Å². The molecule has 0 radical (unpaired) electrons. The molecule has 1 aliphatic heterocycles. The molecule has 0 bridgehead atoms. The minimum absolute atomic E-state index is 0.0308. The van der Waals surface area contributed by atoms with Gasteiger partial charge < -0.3 is 10.5 Å². The van der Waals surface area contributed by atoms with Gasteiger partial charge in [0, 0.05) is 0 Å². The quantitative estimate of drug-likeness (QED) is 0.626. The molecule has 1 heterocycles. The van der Waals surface area contributed by atoms with Crippen LogP contribution in [0.15, 0.2) is 22.6 Å². The maximum Gasteiger partial charge on any atom is 0.333 e. The molecule has 0 spiro atoms. The monoisotopic (exact) mass is 363 g/mol. The van der Waals surface area contributed by atoms with Crippen LogP contribution in [0, 0.1) is 0 Å². The van der Waals surface area contributed by atoms with Crippen LogP contribution in [0.1, 0.15) is 24.0 Å². The first-order valence-corrected chi connectivity index (χ1v) is 9.76. The number of sulfonamides is 1. The number of nitrogens with zero attached hydrogens (tertiary/aromatic N) is 1. The molecule has 1 aromatic rings. The van der Waals surface area contributed by atoms with Crippen molar-refractivity contribution in [3.05, 3.63) is 29.3 Å². The highest BCUT2D eigenvalue weighted by Crippen LogP contribution is 2.28. The molecule has 0 unspecified atom stereocenters. The van der Waals surface area contributed by atoms with Crippen LogP contribution in [0.25, 0.3) is 0 Å². The Hall–Kier alpha value is -1.69. The Bertz CT molecular complexity index is 817. The van der Waals surface area contributed by atoms with Gasteiger partial charge in [0.15, 0.2) is 0 Å². The van der Waals surface area contributed by atoms with Crippen LogP contribution in [-0.4, -0.2) is 35.9 Å². The van der Waals surface area contributed by atoms with Gasteiger partial charge >= 0.3 is 10.3 Å². The Morgan fingerprint density at radius 1 is 1.22 bits per heavy atom. The van der Waals surface area contributed by atoms with E-state index in [0.717, 1.165) is 0 Å². The van der Waals surface area contributed by atoms with Crippen molar-refractivity contribution in [1.82, 2.24) is 0 Å². The van der Waals surface area contributed by atoms with Gasteiger partial charge in [0.05, 0.1) is 24.5 Å². The first-order valence-electron chi connectivity index (χ1n) is 6.68. The molecule has 0 saturated carbocycles. The zero-order valence-corrected chi connectivity index (χ0v) is 13.8. The van der Waals surface area contributed by atoms with E-state index in [2.05, 4.69) is 8.58 Å². The van der Waals surface area contributed by atoms with Gasteiger partial charge in [-0.25, -0.2) is 13.6 Å². The first-order chi connectivity index (χ1) is 10.7. The lowest BCUT2D eigenvalue weighted by molar-refractivity contribution is 0.268. The number of unbranched alkanes of at least 4 members (excludes halogenated alkanes) is 1. The standard InChI is InChI=1S/C12H17N3O6S2/c13-12-11-9(8-22(16,17)15-12)4-3-5-10(11)20-6-1-2-7-21-23(14,18)19/h3-5H,1-2,6-8H2,(H2,13,15)(H2,14,18,19). The Kier molecular flexibility index (Phi) is 5.24. The fourth-order valence-corrected chi connectivity index (χ4v) is 3.53. The first kappa shape index (κ1) is 17.7. The molecule has 11 heteroatoms. The summed E-state index contributed by atoms with van der Waals surface area (Å²) in [5, 5.41) is 4.70. The normalized spacial score (nSPS) is 16.5. The number of nitrogens with two attached hydrogens (primary N) is 2. The van der Waals surface area contributed by atoms with Crippen molar-refractivity contribution in [2.45, 2.75) is 18.6 Å². The smallest absolute Gasteiger partial charge is 0.333 e. The summed E-state index contributed by atoms with van der Waals surface area (Å²) in [5.74, 6) is 0.119. The van der Waals surface area contributed by atoms with Crippen molar-refractivity contribution in [3.63, 3.8) is 0 Å². The predicted octanol–water partition coefficient (Wildman–Crippen LogP) is -0.386. The molecule has 0 amide bonds. The van der Waals surface area contributed by atoms with Gasteiger partial charge in [-0.15, -0.1) is 4.40 Å². The van der Waals surface area contributed by atoms with Crippen LogP contribution in [0.2, 0.25) is 0 Å². The van der Waals surface area contributed by atoms with Gasteiger partial charge in [0.1, 0.15) is 11.6 Å². The fourth-order valence-electron chi connectivity index (χ4n) is 2.09. The molecule has 4 N–H and O–H groups in total. The second kappa shape index (κ2) is 6.83. The summed E-state index contributed by atoms with van der Waals surface area (Å²) in [4.78, 5) is 0. The topological polar surface area (TPSA) is 151 Å². The highest BCUT2D eigenvalue weighted by Gasteiger charge is 2.24. The molecule has 0 atom stereocenters. The number of amidine groups is 1. The summed E-state index contributed by atoms with van der Waals surface area (Å²) in [6.07, 6.45) is 0.956. The van der Waals surface area contributed by atoms with Crippen molar-refractivity contribution in [2.75, 3.05) is 13.2 Å². The molecule has 0 aliphatic carbocycles. The zero-order valence-electron chi connectivity index (χ0n) is 12.1. The minimum Gasteiger partial charge on any atom is -0.493 e. The van der Waals surface area contributed by atoms with E-state index in [9.17, 15) is 16.8 Å². The van der Waals surface area contributed by atoms with Gasteiger partial charge in [-0.1, -0.05) is 12.1 Å². The molecule has 2 rings (SSSR count). The largest absolute Gasteiger partial charge is 0.493 e. The number of hydrogen-bond donors (Lipinski definition) is 2. The Labute approximate surface area is 134 Å². The zero-order chi connectivity index (χ0) is 17.1. The lowest BCUT2D eigenvalue weighted by Crippen LogP contribution is -2.24. The van der Waals surface area contributed by atoms with Gasteiger partial charge in [-0.05, 0) is 24.5 Å². The molecule has 128 valence electrons. The molecule has 0 aromatic heterocycles. The van der Waals surface area contributed by atoms with E-state index in [1.54, 1.807) is 18.2 Å². The van der Waals surface area contributed by atoms with E-state index < -0.39 is 20.3 Å². The van der Waals surface area contributed by atoms with E-state index in [4.69, 9.17) is 15.6 Å². The third-order valence-corrected chi connectivity index (χ3v) is 4.63. The summed E-state index contributed by atoms with van der Waals surface area (Å²) in [7, 11) is -7.51. The fraction of sp³-hybridized carbons (Fsp3) is 0.417. The van der Waals surface area contributed by atoms with Gasteiger partial charge in [-0.3, -0.25) is 4.18 Å². The second-order valence-electron chi connectivity index (χ2n) is 4.86. The minimum atomic E-state index is -3.92. The Balaban J connectivity index is 1.95. The SMILES string of the molecule is NC1=NS(=O)(=O)Cc2cccc(OCCCCOS(N)(=O)=O)c21. The molecule has 1 aliphatic rings. The number of fused-ring (bicyclic) bond motifs is 1. The molecular weight excluding hydrogens is 346 g/mol. The van der Waals surface area contributed by atoms with Crippen molar-refractivity contribution < 1.29 is 25.8 Å². The van der Waals surface area contributed by atoms with Crippen LogP contribution >= 0.6 is 0 Å². The van der Waals surface area contributed by atoms with Crippen LogP contribution in [0.3, 0.4) is 0 Å². The summed E-state index contributed by atoms with van der Waals surface area (Å²) in [6, 6.07) is 4.99. The molecule has 0 saturated heterocycles. The highest BCUT2D eigenvalue weighted by molar-refractivity contribution is 7.89. The molecule has 23 heavy (non-hydrogen) atoms. The van der Waals surface area contributed by atoms with Crippen LogP contribution in [0.4, 0.5) is 0 Å². The average molecular weight is 363 g/mol. The van der Waals surface area contributed by atoms with E-state index >= 15 is 0 Å². The van der Waals surface area contributed by atoms with Crippen molar-refractivity contribution >= 4 is 26.2 Å². The number of hydrogen-bond acceptors (Lipinski definition) is 7. The third-order valence-electron chi connectivity index (χ3n) is 2.99. The van der Waals surface area contributed by atoms with Gasteiger partial charge in [-0.2, -0.15) is 8.42 Å². The highest BCUT2D eigenvalue weighted by atomic mass is 32.2. The molecule has 9 nitrogen and oxygen atoms in total. The number of ether oxygens (including phenoxy) is 1. The van der Waals surface area contributed by atoms with Crippen LogP contribution in [0.5, 0.6) is 5.75 Å². The van der Waals surface area contributed by atoms with Crippen molar-refractivity contribution in [3.8, 4) is 5.75 Å². The maximum atomic E-state index is 11.6. The average Bonchev–Trinajstić information content (AvgIpc) is 2.39. The third kappa shape index (κ3) is 5.16. The molecule has 1 aromatic carbocycles. The summed E-state index contributed by atoms with van der Waals surface area (Å²) in [5.41, 5.74) is 6.72. The Morgan fingerprint density at radius 2 is 1.91 bits per heavy atom. The summed E-state index contributed by atoms with van der Waals surface area (Å²) < 4.78 is 57.8. The van der Waals surface area contributed by atoms with Crippen LogP contribution in [-0.2, 0) is 30.3 Å². The molecular formula is C12H17N3O6S2. The molecule has 0 fully saturated rings. The van der Waals surface area contributed by atoms with E-state index in [1.807, 2.05) is 0 Å². The Morgan fingerprint density at radius 3 is 2.61 bits per heavy atom. The van der Waals surface area contributed by atoms with E-state index in [0.29, 0.717) is 29.7 Å². The lowest BCUT2D eigenvalue weighted by atomic mass is 10.1. The van der Waals surface area contributed by atoms with Gasteiger partial charge in [0.25, 0.3) is 10.0 Å².